The monoisotopic (exact) mass is 211 g/mol. The van der Waals surface area contributed by atoms with Crippen molar-refractivity contribution in [2.24, 2.45) is 5.73 Å². The van der Waals surface area contributed by atoms with Crippen LogP contribution in [0, 0.1) is 0 Å². The van der Waals surface area contributed by atoms with E-state index in [9.17, 15) is 0 Å². The first-order chi connectivity index (χ1) is 7.22. The van der Waals surface area contributed by atoms with Crippen molar-refractivity contribution in [2.45, 2.75) is 26.4 Å². The van der Waals surface area contributed by atoms with E-state index in [0.29, 0.717) is 24.9 Å². The summed E-state index contributed by atoms with van der Waals surface area (Å²) in [6.07, 6.45) is 2.33. The molecule has 0 radical (unpaired) electrons. The summed E-state index contributed by atoms with van der Waals surface area (Å²) in [6, 6.07) is 1.68. The fraction of sp³-hybridized carbons (Fsp3) is 0.600. The molecule has 0 saturated carbocycles. The van der Waals surface area contributed by atoms with Gasteiger partial charge in [-0.25, -0.2) is 9.97 Å². The molecule has 0 unspecified atom stereocenters. The van der Waals surface area contributed by atoms with Gasteiger partial charge in [0.15, 0.2) is 0 Å². The topological polar surface area (TPSA) is 70.3 Å². The Kier molecular flexibility index (Phi) is 4.83. The number of aromatic nitrogens is 2. The molecular formula is C10H17N3O2. The second-order valence-electron chi connectivity index (χ2n) is 3.35. The van der Waals surface area contributed by atoms with Crippen LogP contribution in [-0.4, -0.2) is 29.2 Å². The van der Waals surface area contributed by atoms with E-state index in [4.69, 9.17) is 15.2 Å². The van der Waals surface area contributed by atoms with Crippen LogP contribution in [0.15, 0.2) is 12.4 Å². The molecule has 0 fully saturated rings. The lowest BCUT2D eigenvalue weighted by atomic mass is 10.4. The minimum atomic E-state index is 0.0943. The van der Waals surface area contributed by atoms with E-state index in [2.05, 4.69) is 9.97 Å². The lowest BCUT2D eigenvalue weighted by Crippen LogP contribution is -2.09. The molecule has 0 bridgehead atoms. The predicted octanol–water partition coefficient (Wildman–Crippen LogP) is 0.991. The molecule has 1 aromatic heterocycles. The fourth-order valence-electron chi connectivity index (χ4n) is 0.968. The Morgan fingerprint density at radius 1 is 1.33 bits per heavy atom. The van der Waals surface area contributed by atoms with Crippen LogP contribution in [0.25, 0.3) is 0 Å². The molecule has 1 heterocycles. The van der Waals surface area contributed by atoms with Gasteiger partial charge in [-0.15, -0.1) is 0 Å². The van der Waals surface area contributed by atoms with E-state index < -0.39 is 0 Å². The van der Waals surface area contributed by atoms with Crippen LogP contribution in [0.3, 0.4) is 0 Å². The first-order valence-electron chi connectivity index (χ1n) is 5.04. The Morgan fingerprint density at radius 2 is 2.07 bits per heavy atom. The first kappa shape index (κ1) is 11.7. The minimum absolute atomic E-state index is 0.0943. The van der Waals surface area contributed by atoms with Gasteiger partial charge in [0, 0.05) is 0 Å². The molecule has 1 aromatic rings. The van der Waals surface area contributed by atoms with Crippen LogP contribution in [0.2, 0.25) is 0 Å². The zero-order valence-corrected chi connectivity index (χ0v) is 9.14. The number of nitrogens with two attached hydrogens (primary N) is 1. The van der Waals surface area contributed by atoms with E-state index in [0.717, 1.165) is 6.42 Å². The van der Waals surface area contributed by atoms with Crippen molar-refractivity contribution in [3.05, 3.63) is 12.4 Å². The second kappa shape index (κ2) is 6.19. The summed E-state index contributed by atoms with van der Waals surface area (Å²) >= 11 is 0. The molecule has 84 valence electrons. The smallest absolute Gasteiger partial charge is 0.220 e. The number of ether oxygens (including phenoxy) is 2. The van der Waals surface area contributed by atoms with Gasteiger partial charge in [-0.2, -0.15) is 0 Å². The fourth-order valence-corrected chi connectivity index (χ4v) is 0.968. The van der Waals surface area contributed by atoms with Gasteiger partial charge in [0.1, 0.15) is 6.33 Å². The molecule has 1 rings (SSSR count). The van der Waals surface area contributed by atoms with E-state index in [1.807, 2.05) is 13.8 Å². The van der Waals surface area contributed by atoms with Crippen LogP contribution in [0.1, 0.15) is 20.3 Å². The molecule has 0 aliphatic heterocycles. The van der Waals surface area contributed by atoms with Gasteiger partial charge in [-0.05, 0) is 26.8 Å². The van der Waals surface area contributed by atoms with Crippen molar-refractivity contribution < 1.29 is 9.47 Å². The van der Waals surface area contributed by atoms with E-state index in [-0.39, 0.29) is 6.10 Å². The molecule has 0 spiro atoms. The van der Waals surface area contributed by atoms with Gasteiger partial charge in [0.05, 0.1) is 18.8 Å². The van der Waals surface area contributed by atoms with E-state index in [1.54, 1.807) is 6.07 Å². The largest absolute Gasteiger partial charge is 0.477 e. The summed E-state index contributed by atoms with van der Waals surface area (Å²) in [4.78, 5) is 7.93. The molecule has 15 heavy (non-hydrogen) atoms. The summed E-state index contributed by atoms with van der Waals surface area (Å²) in [5.74, 6) is 1.05. The maximum absolute atomic E-state index is 5.41. The zero-order chi connectivity index (χ0) is 11.1. The van der Waals surface area contributed by atoms with Gasteiger partial charge in [-0.3, -0.25) is 0 Å². The molecular weight excluding hydrogens is 194 g/mol. The standard InChI is InChI=1S/C10H17N3O2/c1-8(2)15-10-6-9(12-7-13-10)14-5-3-4-11/h6-8H,3-5,11H2,1-2H3. The molecule has 0 atom stereocenters. The molecule has 0 aliphatic rings. The Balaban J connectivity index is 2.50. The third-order valence-corrected chi connectivity index (χ3v) is 1.57. The number of hydrogen-bond donors (Lipinski definition) is 1. The molecule has 0 aliphatic carbocycles. The quantitative estimate of drug-likeness (QED) is 0.710. The Bertz CT molecular complexity index is 292. The van der Waals surface area contributed by atoms with Crippen molar-refractivity contribution in [2.75, 3.05) is 13.2 Å². The van der Waals surface area contributed by atoms with Gasteiger partial charge in [0.25, 0.3) is 0 Å². The highest BCUT2D eigenvalue weighted by atomic mass is 16.5. The van der Waals surface area contributed by atoms with Crippen molar-refractivity contribution in [3.63, 3.8) is 0 Å². The average molecular weight is 211 g/mol. The Morgan fingerprint density at radius 3 is 2.73 bits per heavy atom. The summed E-state index contributed by atoms with van der Waals surface area (Å²) in [5, 5.41) is 0. The molecule has 0 amide bonds. The second-order valence-corrected chi connectivity index (χ2v) is 3.35. The third-order valence-electron chi connectivity index (χ3n) is 1.57. The van der Waals surface area contributed by atoms with Gasteiger partial charge in [0.2, 0.25) is 11.8 Å². The van der Waals surface area contributed by atoms with Crippen molar-refractivity contribution in [1.82, 2.24) is 9.97 Å². The Hall–Kier alpha value is -1.36. The summed E-state index contributed by atoms with van der Waals surface area (Å²) in [5.41, 5.74) is 5.35. The lowest BCUT2D eigenvalue weighted by Gasteiger charge is -2.09. The molecule has 0 saturated heterocycles. The number of nitrogens with zero attached hydrogens (tertiary/aromatic N) is 2. The third kappa shape index (κ3) is 4.60. The zero-order valence-electron chi connectivity index (χ0n) is 9.14. The normalized spacial score (nSPS) is 10.4. The summed E-state index contributed by atoms with van der Waals surface area (Å²) in [7, 11) is 0. The van der Waals surface area contributed by atoms with Crippen LogP contribution in [0.4, 0.5) is 0 Å². The van der Waals surface area contributed by atoms with Gasteiger partial charge in [-0.1, -0.05) is 0 Å². The van der Waals surface area contributed by atoms with Crippen LogP contribution >= 0.6 is 0 Å². The molecule has 0 aromatic carbocycles. The van der Waals surface area contributed by atoms with Crippen molar-refractivity contribution in [1.29, 1.82) is 0 Å². The molecule has 2 N–H and O–H groups in total. The van der Waals surface area contributed by atoms with E-state index in [1.165, 1.54) is 6.33 Å². The van der Waals surface area contributed by atoms with Gasteiger partial charge >= 0.3 is 0 Å². The highest BCUT2D eigenvalue weighted by molar-refractivity contribution is 5.18. The molecule has 5 nitrogen and oxygen atoms in total. The average Bonchev–Trinajstić information content (AvgIpc) is 2.18. The number of rotatable bonds is 6. The summed E-state index contributed by atoms with van der Waals surface area (Å²) in [6.45, 7) is 5.06. The predicted molar refractivity (Wildman–Crippen MR) is 57.0 cm³/mol. The highest BCUT2D eigenvalue weighted by Gasteiger charge is 2.02. The van der Waals surface area contributed by atoms with E-state index >= 15 is 0 Å². The van der Waals surface area contributed by atoms with Crippen LogP contribution in [-0.2, 0) is 0 Å². The lowest BCUT2D eigenvalue weighted by molar-refractivity contribution is 0.228. The van der Waals surface area contributed by atoms with Gasteiger partial charge < -0.3 is 15.2 Å². The SMILES string of the molecule is CC(C)Oc1cc(OCCCN)ncn1. The Labute approximate surface area is 89.6 Å². The first-order valence-corrected chi connectivity index (χ1v) is 5.04. The summed E-state index contributed by atoms with van der Waals surface area (Å²) < 4.78 is 10.8. The minimum Gasteiger partial charge on any atom is -0.477 e. The molecule has 5 heteroatoms. The number of hydrogen-bond acceptors (Lipinski definition) is 5. The highest BCUT2D eigenvalue weighted by Crippen LogP contribution is 2.14. The van der Waals surface area contributed by atoms with Crippen LogP contribution in [0.5, 0.6) is 11.8 Å². The maximum atomic E-state index is 5.41. The van der Waals surface area contributed by atoms with Crippen molar-refractivity contribution in [3.8, 4) is 11.8 Å². The maximum Gasteiger partial charge on any atom is 0.220 e. The van der Waals surface area contributed by atoms with Crippen molar-refractivity contribution >= 4 is 0 Å². The van der Waals surface area contributed by atoms with Crippen LogP contribution < -0.4 is 15.2 Å².